The number of morpholine rings is 1. The second-order valence-corrected chi connectivity index (χ2v) is 6.98. The molecule has 0 radical (unpaired) electrons. The van der Waals surface area contributed by atoms with Crippen LogP contribution in [0.15, 0.2) is 30.9 Å². The molecular weight excluding hydrogens is 316 g/mol. The van der Waals surface area contributed by atoms with Crippen molar-refractivity contribution in [2.75, 3.05) is 20.2 Å². The minimum atomic E-state index is 0.144. The zero-order valence-corrected chi connectivity index (χ0v) is 15.0. The lowest BCUT2D eigenvalue weighted by Gasteiger charge is -2.47. The Morgan fingerprint density at radius 3 is 3.00 bits per heavy atom. The summed E-state index contributed by atoms with van der Waals surface area (Å²) in [6.45, 7) is 5.06. The summed E-state index contributed by atoms with van der Waals surface area (Å²) in [5.41, 5.74) is 2.71. The molecule has 2 aliphatic rings. The molecular formula is C19H26N4O2. The van der Waals surface area contributed by atoms with Crippen LogP contribution in [0.1, 0.15) is 24.5 Å². The third-order valence-electron chi connectivity index (χ3n) is 5.36. The molecule has 1 aliphatic heterocycles. The first kappa shape index (κ1) is 16.5. The number of rotatable bonds is 5. The Labute approximate surface area is 148 Å². The Bertz CT molecular complexity index is 703. The number of hydrogen-bond acceptors (Lipinski definition) is 5. The molecule has 6 heteroatoms. The van der Waals surface area contributed by atoms with E-state index in [1.807, 2.05) is 4.68 Å². The first-order chi connectivity index (χ1) is 12.3. The van der Waals surface area contributed by atoms with Crippen LogP contribution in [0.4, 0.5) is 0 Å². The lowest BCUT2D eigenvalue weighted by Crippen LogP contribution is -2.58. The molecule has 1 aromatic carbocycles. The Kier molecular flexibility index (Phi) is 4.72. The quantitative estimate of drug-likeness (QED) is 0.831. The number of ether oxygens (including phenoxy) is 2. The van der Waals surface area contributed by atoms with Gasteiger partial charge in [0.1, 0.15) is 18.4 Å². The SMILES string of the molecule is CCCN1C[C@@H](Cn2cncn2)O[C@@H]2Cc3c(cccc3OC)C[C@H]21. The lowest BCUT2D eigenvalue weighted by molar-refractivity contribution is -0.128. The van der Waals surface area contributed by atoms with E-state index < -0.39 is 0 Å². The highest BCUT2D eigenvalue weighted by molar-refractivity contribution is 5.43. The van der Waals surface area contributed by atoms with Gasteiger partial charge < -0.3 is 9.47 Å². The van der Waals surface area contributed by atoms with Gasteiger partial charge in [0.25, 0.3) is 0 Å². The van der Waals surface area contributed by atoms with Crippen molar-refractivity contribution in [3.8, 4) is 5.75 Å². The van der Waals surface area contributed by atoms with Crippen LogP contribution in [0.5, 0.6) is 5.75 Å². The van der Waals surface area contributed by atoms with E-state index >= 15 is 0 Å². The van der Waals surface area contributed by atoms with Crippen molar-refractivity contribution < 1.29 is 9.47 Å². The van der Waals surface area contributed by atoms with E-state index in [1.54, 1.807) is 19.8 Å². The fourth-order valence-corrected chi connectivity index (χ4v) is 4.29. The van der Waals surface area contributed by atoms with Crippen LogP contribution in [0, 0.1) is 0 Å². The zero-order chi connectivity index (χ0) is 17.2. The summed E-state index contributed by atoms with van der Waals surface area (Å²) in [6, 6.07) is 6.84. The van der Waals surface area contributed by atoms with E-state index in [4.69, 9.17) is 9.47 Å². The minimum Gasteiger partial charge on any atom is -0.496 e. The molecule has 0 bridgehead atoms. The molecule has 0 spiro atoms. The first-order valence-electron chi connectivity index (χ1n) is 9.15. The van der Waals surface area contributed by atoms with Gasteiger partial charge in [0.05, 0.1) is 25.9 Å². The third kappa shape index (κ3) is 3.28. The largest absolute Gasteiger partial charge is 0.496 e. The summed E-state index contributed by atoms with van der Waals surface area (Å²) in [4.78, 5) is 6.65. The molecule has 134 valence electrons. The van der Waals surface area contributed by atoms with Gasteiger partial charge in [-0.1, -0.05) is 19.1 Å². The van der Waals surface area contributed by atoms with Crippen molar-refractivity contribution in [3.05, 3.63) is 42.0 Å². The molecule has 4 rings (SSSR count). The van der Waals surface area contributed by atoms with Gasteiger partial charge in [-0.05, 0) is 36.6 Å². The highest BCUT2D eigenvalue weighted by Crippen LogP contribution is 2.35. The van der Waals surface area contributed by atoms with Gasteiger partial charge in [-0.2, -0.15) is 5.10 Å². The van der Waals surface area contributed by atoms with Gasteiger partial charge in [-0.3, -0.25) is 9.58 Å². The Balaban J connectivity index is 1.58. The van der Waals surface area contributed by atoms with Gasteiger partial charge in [0, 0.05) is 19.0 Å². The van der Waals surface area contributed by atoms with E-state index in [2.05, 4.69) is 40.1 Å². The van der Waals surface area contributed by atoms with Crippen LogP contribution in [0.3, 0.4) is 0 Å². The molecule has 0 N–H and O–H groups in total. The molecule has 25 heavy (non-hydrogen) atoms. The van der Waals surface area contributed by atoms with Crippen molar-refractivity contribution >= 4 is 0 Å². The van der Waals surface area contributed by atoms with Gasteiger partial charge >= 0.3 is 0 Å². The third-order valence-corrected chi connectivity index (χ3v) is 5.36. The monoisotopic (exact) mass is 342 g/mol. The van der Waals surface area contributed by atoms with Gasteiger partial charge in [-0.25, -0.2) is 4.98 Å². The Morgan fingerprint density at radius 1 is 1.32 bits per heavy atom. The molecule has 1 aromatic heterocycles. The lowest BCUT2D eigenvalue weighted by atomic mass is 9.83. The molecule has 2 aromatic rings. The predicted octanol–water partition coefficient (Wildman–Crippen LogP) is 1.93. The van der Waals surface area contributed by atoms with Crippen molar-refractivity contribution in [2.45, 2.75) is 51.0 Å². The Morgan fingerprint density at radius 2 is 2.24 bits per heavy atom. The van der Waals surface area contributed by atoms with E-state index in [0.29, 0.717) is 6.04 Å². The molecule has 0 amide bonds. The number of methoxy groups -OCH3 is 1. The average Bonchev–Trinajstić information content (AvgIpc) is 3.13. The summed E-state index contributed by atoms with van der Waals surface area (Å²) >= 11 is 0. The van der Waals surface area contributed by atoms with Crippen LogP contribution in [0.25, 0.3) is 0 Å². The standard InChI is InChI=1S/C19H26N4O2/c1-3-7-22-10-15(11-23-13-20-12-21-23)25-19-9-16-14(8-17(19)22)5-4-6-18(16)24-2/h4-6,12-13,15,17,19H,3,7-11H2,1-2H3/t15-,17+,19+/m0/s1. The summed E-state index contributed by atoms with van der Waals surface area (Å²) in [6.07, 6.45) is 6.80. The normalized spacial score (nSPS) is 26.1. The molecule has 1 saturated heterocycles. The molecule has 1 aliphatic carbocycles. The highest BCUT2D eigenvalue weighted by Gasteiger charge is 2.40. The fourth-order valence-electron chi connectivity index (χ4n) is 4.29. The van der Waals surface area contributed by atoms with Crippen LogP contribution >= 0.6 is 0 Å². The number of aromatic nitrogens is 3. The Hall–Kier alpha value is -1.92. The zero-order valence-electron chi connectivity index (χ0n) is 15.0. The molecule has 0 unspecified atom stereocenters. The maximum atomic E-state index is 6.51. The molecule has 1 fully saturated rings. The number of fused-ring (bicyclic) bond motifs is 2. The molecule has 6 nitrogen and oxygen atoms in total. The molecule has 0 saturated carbocycles. The summed E-state index contributed by atoms with van der Waals surface area (Å²) in [7, 11) is 1.75. The fraction of sp³-hybridized carbons (Fsp3) is 0.579. The smallest absolute Gasteiger partial charge is 0.137 e. The van der Waals surface area contributed by atoms with Gasteiger partial charge in [-0.15, -0.1) is 0 Å². The van der Waals surface area contributed by atoms with Gasteiger partial charge in [0.15, 0.2) is 0 Å². The molecule has 2 heterocycles. The van der Waals surface area contributed by atoms with E-state index in [0.717, 1.165) is 44.6 Å². The van der Waals surface area contributed by atoms with Crippen LogP contribution < -0.4 is 4.74 Å². The van der Waals surface area contributed by atoms with Crippen LogP contribution in [0.2, 0.25) is 0 Å². The van der Waals surface area contributed by atoms with E-state index in [-0.39, 0.29) is 12.2 Å². The second kappa shape index (κ2) is 7.14. The van der Waals surface area contributed by atoms with E-state index in [1.165, 1.54) is 11.1 Å². The van der Waals surface area contributed by atoms with Crippen molar-refractivity contribution in [2.24, 2.45) is 0 Å². The summed E-state index contributed by atoms with van der Waals surface area (Å²) in [5, 5.41) is 4.24. The van der Waals surface area contributed by atoms with Crippen molar-refractivity contribution in [1.29, 1.82) is 0 Å². The maximum Gasteiger partial charge on any atom is 0.137 e. The van der Waals surface area contributed by atoms with Crippen LogP contribution in [-0.2, 0) is 24.1 Å². The highest BCUT2D eigenvalue weighted by atomic mass is 16.5. The minimum absolute atomic E-state index is 0.144. The number of hydrogen-bond donors (Lipinski definition) is 0. The average molecular weight is 342 g/mol. The van der Waals surface area contributed by atoms with Crippen molar-refractivity contribution in [1.82, 2.24) is 19.7 Å². The van der Waals surface area contributed by atoms with Crippen molar-refractivity contribution in [3.63, 3.8) is 0 Å². The maximum absolute atomic E-state index is 6.51. The second-order valence-electron chi connectivity index (χ2n) is 6.98. The topological polar surface area (TPSA) is 52.4 Å². The number of nitrogens with zero attached hydrogens (tertiary/aromatic N) is 4. The summed E-state index contributed by atoms with van der Waals surface area (Å²) < 4.78 is 14.0. The first-order valence-corrected chi connectivity index (χ1v) is 9.15. The predicted molar refractivity (Wildman–Crippen MR) is 94.7 cm³/mol. The van der Waals surface area contributed by atoms with E-state index in [9.17, 15) is 0 Å². The van der Waals surface area contributed by atoms with Gasteiger partial charge in [0.2, 0.25) is 0 Å². The summed E-state index contributed by atoms with van der Waals surface area (Å²) in [5.74, 6) is 0.986. The van der Waals surface area contributed by atoms with Crippen LogP contribution in [-0.4, -0.2) is 58.1 Å². The number of benzene rings is 1. The molecule has 3 atom stereocenters.